The minimum absolute atomic E-state index is 0.142. The summed E-state index contributed by atoms with van der Waals surface area (Å²) in [5, 5.41) is 2.58. The number of ether oxygens (including phenoxy) is 2. The molecule has 0 atom stereocenters. The zero-order valence-electron chi connectivity index (χ0n) is 16.9. The largest absolute Gasteiger partial charge is 0.452 e. The summed E-state index contributed by atoms with van der Waals surface area (Å²) in [6, 6.07) is 11.0. The number of carbonyl (C=O) groups is 2. The number of carbonyl (C=O) groups excluding carboxylic acids is 2. The summed E-state index contributed by atoms with van der Waals surface area (Å²) in [6.45, 7) is 4.75. The van der Waals surface area contributed by atoms with Gasteiger partial charge in [-0.1, -0.05) is 6.07 Å². The number of benzene rings is 2. The molecule has 0 radical (unpaired) electrons. The van der Waals surface area contributed by atoms with Crippen molar-refractivity contribution in [2.45, 2.75) is 18.7 Å². The molecule has 1 aliphatic rings. The number of esters is 1. The first-order valence-corrected chi connectivity index (χ1v) is 10.9. The maximum Gasteiger partial charge on any atom is 0.338 e. The lowest BCUT2D eigenvalue weighted by atomic mass is 10.1. The van der Waals surface area contributed by atoms with Crippen LogP contribution in [0.1, 0.15) is 21.5 Å². The molecule has 0 aromatic heterocycles. The third kappa shape index (κ3) is 5.24. The van der Waals surface area contributed by atoms with Crippen LogP contribution in [0.2, 0.25) is 0 Å². The molecule has 30 heavy (non-hydrogen) atoms. The number of hydrogen-bond acceptors (Lipinski definition) is 6. The Balaban J connectivity index is 1.55. The fourth-order valence-corrected chi connectivity index (χ4v) is 4.33. The summed E-state index contributed by atoms with van der Waals surface area (Å²) in [4.78, 5) is 24.3. The van der Waals surface area contributed by atoms with Crippen LogP contribution in [-0.2, 0) is 24.3 Å². The number of anilines is 1. The molecule has 1 N–H and O–H groups in total. The maximum absolute atomic E-state index is 12.6. The molecule has 0 aliphatic carbocycles. The molecule has 9 heteroatoms. The number of sulfonamides is 1. The molecule has 1 heterocycles. The monoisotopic (exact) mass is 432 g/mol. The van der Waals surface area contributed by atoms with Crippen LogP contribution in [0.15, 0.2) is 47.4 Å². The van der Waals surface area contributed by atoms with E-state index in [0.717, 1.165) is 11.1 Å². The molecule has 2 aromatic carbocycles. The van der Waals surface area contributed by atoms with Crippen LogP contribution in [-0.4, -0.2) is 57.5 Å². The highest BCUT2D eigenvalue weighted by Crippen LogP contribution is 2.19. The Labute approximate surface area is 175 Å². The van der Waals surface area contributed by atoms with Crippen LogP contribution in [0.3, 0.4) is 0 Å². The highest BCUT2D eigenvalue weighted by Gasteiger charge is 2.26. The molecule has 0 saturated carbocycles. The average molecular weight is 432 g/mol. The number of nitrogens with one attached hydrogen (secondary N) is 1. The SMILES string of the molecule is Cc1ccc(C(=O)OCC(=O)Nc2ccc(S(=O)(=O)N3CCOCC3)cc2)cc1C. The maximum atomic E-state index is 12.6. The van der Waals surface area contributed by atoms with Crippen molar-refractivity contribution in [3.63, 3.8) is 0 Å². The van der Waals surface area contributed by atoms with Crippen molar-refractivity contribution in [2.75, 3.05) is 38.2 Å². The fourth-order valence-electron chi connectivity index (χ4n) is 2.93. The predicted octanol–water partition coefficient (Wildman–Crippen LogP) is 2.12. The van der Waals surface area contributed by atoms with Crippen LogP contribution in [0.5, 0.6) is 0 Å². The summed E-state index contributed by atoms with van der Waals surface area (Å²) in [5.41, 5.74) is 2.80. The van der Waals surface area contributed by atoms with Crippen molar-refractivity contribution in [1.82, 2.24) is 4.31 Å². The number of amides is 1. The molecule has 0 bridgehead atoms. The van der Waals surface area contributed by atoms with Crippen molar-refractivity contribution >= 4 is 27.6 Å². The van der Waals surface area contributed by atoms with Gasteiger partial charge < -0.3 is 14.8 Å². The number of aryl methyl sites for hydroxylation is 2. The van der Waals surface area contributed by atoms with Crippen molar-refractivity contribution in [2.24, 2.45) is 0 Å². The molecule has 1 amide bonds. The summed E-state index contributed by atoms with van der Waals surface area (Å²) < 4.78 is 36.8. The van der Waals surface area contributed by atoms with Gasteiger partial charge in [0.25, 0.3) is 5.91 Å². The molecule has 2 aromatic rings. The quantitative estimate of drug-likeness (QED) is 0.702. The van der Waals surface area contributed by atoms with Crippen molar-refractivity contribution in [3.8, 4) is 0 Å². The Morgan fingerprint density at radius 2 is 1.70 bits per heavy atom. The summed E-state index contributed by atoms with van der Waals surface area (Å²) >= 11 is 0. The minimum Gasteiger partial charge on any atom is -0.452 e. The van der Waals surface area contributed by atoms with Gasteiger partial charge in [0.15, 0.2) is 6.61 Å². The van der Waals surface area contributed by atoms with Crippen LogP contribution >= 0.6 is 0 Å². The predicted molar refractivity (Wildman–Crippen MR) is 111 cm³/mol. The Bertz CT molecular complexity index is 1030. The van der Waals surface area contributed by atoms with Crippen molar-refractivity contribution in [3.05, 3.63) is 59.2 Å². The highest BCUT2D eigenvalue weighted by atomic mass is 32.2. The first-order chi connectivity index (χ1) is 14.3. The molecule has 160 valence electrons. The van der Waals surface area contributed by atoms with E-state index in [4.69, 9.17) is 9.47 Å². The zero-order valence-corrected chi connectivity index (χ0v) is 17.7. The molecule has 3 rings (SSSR count). The normalized spacial score (nSPS) is 14.9. The summed E-state index contributed by atoms with van der Waals surface area (Å²) in [6.07, 6.45) is 0. The van der Waals surface area contributed by atoms with E-state index in [1.807, 2.05) is 19.9 Å². The zero-order chi connectivity index (χ0) is 21.7. The van der Waals surface area contributed by atoms with Gasteiger partial charge in [-0.25, -0.2) is 13.2 Å². The lowest BCUT2D eigenvalue weighted by Crippen LogP contribution is -2.40. The smallest absolute Gasteiger partial charge is 0.338 e. The van der Waals surface area contributed by atoms with Gasteiger partial charge in [-0.15, -0.1) is 0 Å². The van der Waals surface area contributed by atoms with E-state index < -0.39 is 28.5 Å². The second-order valence-electron chi connectivity index (χ2n) is 6.96. The molecular formula is C21H24N2O6S. The van der Waals surface area contributed by atoms with Gasteiger partial charge in [-0.3, -0.25) is 4.79 Å². The summed E-state index contributed by atoms with van der Waals surface area (Å²) in [5.74, 6) is -1.10. The lowest BCUT2D eigenvalue weighted by Gasteiger charge is -2.26. The van der Waals surface area contributed by atoms with Gasteiger partial charge in [-0.2, -0.15) is 4.31 Å². The van der Waals surface area contributed by atoms with Crippen LogP contribution in [0.4, 0.5) is 5.69 Å². The minimum atomic E-state index is -3.59. The second kappa shape index (κ2) is 9.38. The van der Waals surface area contributed by atoms with Gasteiger partial charge in [0, 0.05) is 18.8 Å². The van der Waals surface area contributed by atoms with Gasteiger partial charge in [0.1, 0.15) is 0 Å². The Morgan fingerprint density at radius 3 is 2.33 bits per heavy atom. The fraction of sp³-hybridized carbons (Fsp3) is 0.333. The van der Waals surface area contributed by atoms with Gasteiger partial charge in [-0.05, 0) is 61.4 Å². The Morgan fingerprint density at radius 1 is 1.03 bits per heavy atom. The van der Waals surface area contributed by atoms with Crippen LogP contribution < -0.4 is 5.32 Å². The molecule has 8 nitrogen and oxygen atoms in total. The molecule has 0 spiro atoms. The van der Waals surface area contributed by atoms with E-state index in [1.54, 1.807) is 12.1 Å². The van der Waals surface area contributed by atoms with E-state index in [1.165, 1.54) is 28.6 Å². The number of nitrogens with zero attached hydrogens (tertiary/aromatic N) is 1. The molecular weight excluding hydrogens is 408 g/mol. The van der Waals surface area contributed by atoms with E-state index in [2.05, 4.69) is 5.32 Å². The topological polar surface area (TPSA) is 102 Å². The lowest BCUT2D eigenvalue weighted by molar-refractivity contribution is -0.119. The molecule has 1 aliphatic heterocycles. The van der Waals surface area contributed by atoms with Crippen LogP contribution in [0, 0.1) is 13.8 Å². The van der Waals surface area contributed by atoms with Gasteiger partial charge in [0.05, 0.1) is 23.7 Å². The standard InChI is InChI=1S/C21H24N2O6S/c1-15-3-4-17(13-16(15)2)21(25)29-14-20(24)22-18-5-7-19(8-6-18)30(26,27)23-9-11-28-12-10-23/h3-8,13H,9-12,14H2,1-2H3,(H,22,24). The van der Waals surface area contributed by atoms with E-state index in [-0.39, 0.29) is 4.90 Å². The van der Waals surface area contributed by atoms with Gasteiger partial charge in [0.2, 0.25) is 10.0 Å². The first kappa shape index (κ1) is 21.9. The van der Waals surface area contributed by atoms with Gasteiger partial charge >= 0.3 is 5.97 Å². The van der Waals surface area contributed by atoms with Crippen molar-refractivity contribution < 1.29 is 27.5 Å². The molecule has 1 saturated heterocycles. The Hall–Kier alpha value is -2.75. The second-order valence-corrected chi connectivity index (χ2v) is 8.90. The third-order valence-electron chi connectivity index (χ3n) is 4.82. The van der Waals surface area contributed by atoms with E-state index in [9.17, 15) is 18.0 Å². The van der Waals surface area contributed by atoms with E-state index >= 15 is 0 Å². The van der Waals surface area contributed by atoms with Crippen LogP contribution in [0.25, 0.3) is 0 Å². The molecule has 1 fully saturated rings. The summed E-state index contributed by atoms with van der Waals surface area (Å²) in [7, 11) is -3.59. The highest BCUT2D eigenvalue weighted by molar-refractivity contribution is 7.89. The average Bonchev–Trinajstić information content (AvgIpc) is 2.75. The van der Waals surface area contributed by atoms with E-state index in [0.29, 0.717) is 37.6 Å². The number of morpholine rings is 1. The Kier molecular flexibility index (Phi) is 6.86. The number of rotatable bonds is 6. The first-order valence-electron chi connectivity index (χ1n) is 9.49. The number of hydrogen-bond donors (Lipinski definition) is 1. The molecule has 0 unspecified atom stereocenters. The third-order valence-corrected chi connectivity index (χ3v) is 6.74. The van der Waals surface area contributed by atoms with Crippen molar-refractivity contribution in [1.29, 1.82) is 0 Å².